The molecule has 0 spiro atoms. The lowest BCUT2D eigenvalue weighted by Gasteiger charge is -2.19. The lowest BCUT2D eigenvalue weighted by Crippen LogP contribution is -2.30. The minimum atomic E-state index is -3.70. The van der Waals surface area contributed by atoms with Gasteiger partial charge in [-0.15, -0.1) is 0 Å². The molecule has 2 rings (SSSR count). The highest BCUT2D eigenvalue weighted by atomic mass is 32.2. The normalized spacial score (nSPS) is 10.9. The number of ether oxygens (including phenoxy) is 3. The van der Waals surface area contributed by atoms with Crippen LogP contribution in [0.5, 0.6) is 11.5 Å². The molecule has 0 fully saturated rings. The van der Waals surface area contributed by atoms with Crippen LogP contribution in [0, 0.1) is 27.7 Å². The second-order valence-electron chi connectivity index (χ2n) is 8.18. The van der Waals surface area contributed by atoms with E-state index < -0.39 is 20.0 Å². The van der Waals surface area contributed by atoms with Crippen molar-refractivity contribution in [1.82, 2.24) is 8.61 Å². The van der Waals surface area contributed by atoms with E-state index in [9.17, 15) is 21.6 Å². The number of aryl methyl sites for hydroxylation is 4. The topological polar surface area (TPSA) is 154 Å². The Balaban J connectivity index is 0.000000676. The van der Waals surface area contributed by atoms with Gasteiger partial charge in [-0.05, 0) is 74.2 Å². The molecule has 0 aliphatic rings. The molecule has 0 bridgehead atoms. The first-order chi connectivity index (χ1) is 18.1. The van der Waals surface area contributed by atoms with Crippen molar-refractivity contribution in [3.05, 3.63) is 46.5 Å². The summed E-state index contributed by atoms with van der Waals surface area (Å²) in [4.78, 5) is 27.0. The summed E-state index contributed by atoms with van der Waals surface area (Å²) in [6.07, 6.45) is 0.250. The van der Waals surface area contributed by atoms with Crippen LogP contribution in [0.1, 0.15) is 29.2 Å². The fourth-order valence-corrected chi connectivity index (χ4v) is 6.58. The summed E-state index contributed by atoms with van der Waals surface area (Å²) in [6, 6.07) is 6.77. The number of carbonyl (C=O) groups excluding carboxylic acids is 3. The number of hydrogen-bond donors (Lipinski definition) is 0. The molecule has 0 atom stereocenters. The molecule has 0 aromatic heterocycles. The van der Waals surface area contributed by atoms with Gasteiger partial charge in [0.05, 0.1) is 24.0 Å². The monoisotopic (exact) mass is 588 g/mol. The zero-order valence-corrected chi connectivity index (χ0v) is 25.2. The summed E-state index contributed by atoms with van der Waals surface area (Å²) < 4.78 is 66.3. The van der Waals surface area contributed by atoms with Gasteiger partial charge in [-0.25, -0.2) is 21.1 Å². The van der Waals surface area contributed by atoms with E-state index in [0.29, 0.717) is 45.2 Å². The third-order valence-electron chi connectivity index (χ3n) is 5.45. The van der Waals surface area contributed by atoms with Gasteiger partial charge in [-0.1, -0.05) is 6.92 Å². The van der Waals surface area contributed by atoms with Crippen molar-refractivity contribution in [3.8, 4) is 11.5 Å². The molecule has 0 N–H and O–H groups in total. The number of methoxy groups -OCH3 is 2. The molecule has 12 nitrogen and oxygen atoms in total. The van der Waals surface area contributed by atoms with Crippen LogP contribution < -0.4 is 9.47 Å². The number of benzene rings is 2. The first-order valence-electron chi connectivity index (χ1n) is 11.4. The largest absolute Gasteiger partial charge is 0.497 e. The SMILES string of the molecule is CCN(C)S(=O)(=O)c1c(C)cc(OC)cc1C.COc1cc(C)c(S(=O)(=O)N(C)COC=O)c(C)c1.O=C=O. The molecular weight excluding hydrogens is 552 g/mol. The lowest BCUT2D eigenvalue weighted by atomic mass is 10.1. The summed E-state index contributed by atoms with van der Waals surface area (Å²) in [5, 5.41) is 0. The van der Waals surface area contributed by atoms with Crippen molar-refractivity contribution >= 4 is 32.7 Å². The van der Waals surface area contributed by atoms with Crippen LogP contribution in [0.25, 0.3) is 0 Å². The van der Waals surface area contributed by atoms with Gasteiger partial charge >= 0.3 is 6.15 Å². The van der Waals surface area contributed by atoms with Gasteiger partial charge in [0.25, 0.3) is 6.47 Å². The van der Waals surface area contributed by atoms with Crippen LogP contribution >= 0.6 is 0 Å². The highest BCUT2D eigenvalue weighted by Gasteiger charge is 2.26. The first kappa shape index (κ1) is 35.7. The summed E-state index contributed by atoms with van der Waals surface area (Å²) >= 11 is 0. The van der Waals surface area contributed by atoms with Gasteiger partial charge in [0, 0.05) is 20.6 Å². The zero-order valence-electron chi connectivity index (χ0n) is 23.6. The Morgan fingerprint density at radius 1 is 0.744 bits per heavy atom. The van der Waals surface area contributed by atoms with E-state index in [1.807, 2.05) is 6.92 Å². The molecule has 218 valence electrons. The Hall–Kier alpha value is -3.29. The standard InChI is InChI=1S/C12H17NO5S.C12H19NO3S.CO2/c1-9-5-11(17-4)6-10(2)12(9)19(15,16)13(3)7-18-8-14;1-6-13(4)17(14,15)12-9(2)7-11(16-5)8-10(12)3;2-1-3/h5-6,8H,7H2,1-4H3;7-8H,6H2,1-5H3;. The Bertz CT molecular complexity index is 1320. The van der Waals surface area contributed by atoms with E-state index in [2.05, 4.69) is 4.74 Å². The highest BCUT2D eigenvalue weighted by Crippen LogP contribution is 2.28. The van der Waals surface area contributed by atoms with Crippen molar-refractivity contribution in [2.24, 2.45) is 0 Å². The molecule has 0 amide bonds. The predicted octanol–water partition coefficient (Wildman–Crippen LogP) is 2.43. The van der Waals surface area contributed by atoms with Gasteiger partial charge in [0.15, 0.2) is 6.73 Å². The van der Waals surface area contributed by atoms with Crippen LogP contribution in [0.4, 0.5) is 0 Å². The molecule has 39 heavy (non-hydrogen) atoms. The molecule has 14 heteroatoms. The maximum Gasteiger partial charge on any atom is 0.373 e. The molecule has 2 aromatic carbocycles. The third-order valence-corrected chi connectivity index (χ3v) is 9.77. The molecule has 0 saturated carbocycles. The van der Waals surface area contributed by atoms with Crippen molar-refractivity contribution in [3.63, 3.8) is 0 Å². The van der Waals surface area contributed by atoms with E-state index >= 15 is 0 Å². The number of rotatable bonds is 10. The van der Waals surface area contributed by atoms with E-state index in [-0.39, 0.29) is 24.3 Å². The van der Waals surface area contributed by atoms with E-state index in [0.717, 1.165) is 4.31 Å². The fourth-order valence-electron chi connectivity index (χ4n) is 3.56. The van der Waals surface area contributed by atoms with E-state index in [1.54, 1.807) is 66.1 Å². The van der Waals surface area contributed by atoms with Gasteiger partial charge in [-0.2, -0.15) is 13.9 Å². The van der Waals surface area contributed by atoms with E-state index in [1.165, 1.54) is 18.5 Å². The fraction of sp³-hybridized carbons (Fsp3) is 0.440. The second kappa shape index (κ2) is 16.0. The van der Waals surface area contributed by atoms with Gasteiger partial charge in [0.2, 0.25) is 20.0 Å². The smallest absolute Gasteiger partial charge is 0.373 e. The molecule has 0 aliphatic carbocycles. The first-order valence-corrected chi connectivity index (χ1v) is 14.3. The number of sulfonamides is 2. The Labute approximate surface area is 230 Å². The molecule has 2 aromatic rings. The molecular formula is C25H36N2O10S2. The van der Waals surface area contributed by atoms with Crippen molar-refractivity contribution < 1.29 is 45.4 Å². The minimum Gasteiger partial charge on any atom is -0.497 e. The average Bonchev–Trinajstić information content (AvgIpc) is 2.86. The van der Waals surface area contributed by atoms with Crippen molar-refractivity contribution in [2.75, 3.05) is 41.6 Å². The lowest BCUT2D eigenvalue weighted by molar-refractivity contribution is -0.191. The summed E-state index contributed by atoms with van der Waals surface area (Å²) in [6.45, 7) is 9.10. The molecule has 0 saturated heterocycles. The van der Waals surface area contributed by atoms with Crippen LogP contribution in [0.15, 0.2) is 34.1 Å². The Morgan fingerprint density at radius 3 is 1.31 bits per heavy atom. The van der Waals surface area contributed by atoms with Crippen LogP contribution in [-0.2, 0) is 39.2 Å². The number of hydrogen-bond acceptors (Lipinski definition) is 10. The summed E-state index contributed by atoms with van der Waals surface area (Å²) in [5.41, 5.74) is 2.58. The third kappa shape index (κ3) is 9.44. The van der Waals surface area contributed by atoms with Gasteiger partial charge < -0.3 is 14.2 Å². The zero-order chi connectivity index (χ0) is 30.6. The Kier molecular flexibility index (Phi) is 14.6. The maximum absolute atomic E-state index is 12.4. The van der Waals surface area contributed by atoms with Gasteiger partial charge in [0.1, 0.15) is 11.5 Å². The van der Waals surface area contributed by atoms with Crippen LogP contribution in [-0.4, -0.2) is 79.7 Å². The predicted molar refractivity (Wildman–Crippen MR) is 142 cm³/mol. The minimum absolute atomic E-state index is 0.199. The molecule has 0 aliphatic heterocycles. The molecule has 0 unspecified atom stereocenters. The van der Waals surface area contributed by atoms with Crippen LogP contribution in [0.3, 0.4) is 0 Å². The van der Waals surface area contributed by atoms with E-state index in [4.69, 9.17) is 19.1 Å². The number of carbonyl (C=O) groups is 1. The average molecular weight is 589 g/mol. The van der Waals surface area contributed by atoms with Crippen molar-refractivity contribution in [2.45, 2.75) is 44.4 Å². The highest BCUT2D eigenvalue weighted by molar-refractivity contribution is 7.89. The maximum atomic E-state index is 12.4. The summed E-state index contributed by atoms with van der Waals surface area (Å²) in [5.74, 6) is 1.28. The van der Waals surface area contributed by atoms with Crippen LogP contribution in [0.2, 0.25) is 0 Å². The summed E-state index contributed by atoms with van der Waals surface area (Å²) in [7, 11) is -1.08. The molecule has 0 heterocycles. The second-order valence-corrected chi connectivity index (χ2v) is 12.1. The molecule has 0 radical (unpaired) electrons. The number of nitrogens with zero attached hydrogens (tertiary/aromatic N) is 2. The quantitative estimate of drug-likeness (QED) is 0.299. The van der Waals surface area contributed by atoms with Crippen molar-refractivity contribution in [1.29, 1.82) is 0 Å². The Morgan fingerprint density at radius 2 is 1.05 bits per heavy atom. The van der Waals surface area contributed by atoms with Gasteiger partial charge in [-0.3, -0.25) is 4.79 Å².